The van der Waals surface area contributed by atoms with Crippen molar-refractivity contribution in [2.24, 2.45) is 7.05 Å². The van der Waals surface area contributed by atoms with Gasteiger partial charge in [-0.15, -0.1) is 0 Å². The quantitative estimate of drug-likeness (QED) is 0.564. The first kappa shape index (κ1) is 18.9. The molecule has 0 aliphatic heterocycles. The third kappa shape index (κ3) is 3.51. The van der Waals surface area contributed by atoms with E-state index in [-0.39, 0.29) is 11.7 Å². The topological polar surface area (TPSA) is 64.7 Å². The fourth-order valence-electron chi connectivity index (χ4n) is 3.64. The van der Waals surface area contributed by atoms with E-state index in [1.165, 1.54) is 12.1 Å². The van der Waals surface area contributed by atoms with Crippen LogP contribution in [-0.2, 0) is 11.8 Å². The minimum absolute atomic E-state index is 0.173. The second-order valence-electron chi connectivity index (χ2n) is 7.08. The number of amides is 1. The molecule has 0 saturated heterocycles. The van der Waals surface area contributed by atoms with E-state index in [1.54, 1.807) is 18.3 Å². The summed E-state index contributed by atoms with van der Waals surface area (Å²) in [6.45, 7) is 3.73. The van der Waals surface area contributed by atoms with E-state index in [9.17, 15) is 9.18 Å². The maximum atomic E-state index is 13.4. The Labute approximate surface area is 168 Å². The minimum atomic E-state index is -0.499. The highest BCUT2D eigenvalue weighted by Crippen LogP contribution is 2.24. The molecule has 2 aromatic carbocycles. The van der Waals surface area contributed by atoms with Gasteiger partial charge in [-0.2, -0.15) is 0 Å². The number of nitrogens with one attached hydrogen (secondary N) is 1. The molecule has 0 aliphatic carbocycles. The molecule has 4 rings (SSSR count). The van der Waals surface area contributed by atoms with Gasteiger partial charge in [0.05, 0.1) is 11.0 Å². The van der Waals surface area contributed by atoms with Gasteiger partial charge in [-0.3, -0.25) is 4.79 Å². The van der Waals surface area contributed by atoms with Crippen LogP contribution in [0.4, 0.5) is 4.39 Å². The summed E-state index contributed by atoms with van der Waals surface area (Å²) < 4.78 is 17.2. The highest BCUT2D eigenvalue weighted by atomic mass is 19.1. The lowest BCUT2D eigenvalue weighted by Crippen LogP contribution is -2.36. The smallest absolute Gasteiger partial charge is 0.243 e. The van der Waals surface area contributed by atoms with Crippen LogP contribution >= 0.6 is 0 Å². The number of aryl methyl sites for hydroxylation is 2. The van der Waals surface area contributed by atoms with Gasteiger partial charge in [0.2, 0.25) is 5.91 Å². The number of imidazole rings is 2. The van der Waals surface area contributed by atoms with Gasteiger partial charge in [-0.25, -0.2) is 14.4 Å². The van der Waals surface area contributed by atoms with Crippen LogP contribution in [-0.4, -0.2) is 25.0 Å². The van der Waals surface area contributed by atoms with Crippen LogP contribution in [0.5, 0.6) is 0 Å². The average Bonchev–Trinajstić information content (AvgIpc) is 3.28. The first-order valence-electron chi connectivity index (χ1n) is 9.42. The second kappa shape index (κ2) is 7.50. The Morgan fingerprint density at radius 2 is 1.86 bits per heavy atom. The molecule has 0 radical (unpaired) electrons. The standard InChI is InChI=1S/C22H22FN5O/c1-14(28-15(2)25-18-6-4-5-7-19(18)28)22(29)26-20(21-24-12-13-27(21)3)16-8-10-17(23)11-9-16/h4-14,20H,1-3H3,(H,26,29)/t14-,20+/m0/s1. The molecule has 0 spiro atoms. The lowest BCUT2D eigenvalue weighted by Gasteiger charge is -2.23. The van der Waals surface area contributed by atoms with Gasteiger partial charge < -0.3 is 14.5 Å². The molecule has 0 fully saturated rings. The summed E-state index contributed by atoms with van der Waals surface area (Å²) in [6, 6.07) is 12.9. The van der Waals surface area contributed by atoms with Crippen molar-refractivity contribution in [2.45, 2.75) is 25.9 Å². The Bertz CT molecular complexity index is 1160. The normalized spacial score (nSPS) is 13.4. The molecular formula is C22H22FN5O. The van der Waals surface area contributed by atoms with E-state index < -0.39 is 12.1 Å². The summed E-state index contributed by atoms with van der Waals surface area (Å²) in [5.41, 5.74) is 2.51. The number of aromatic nitrogens is 4. The molecule has 0 bridgehead atoms. The van der Waals surface area contributed by atoms with E-state index in [1.807, 2.05) is 60.5 Å². The summed E-state index contributed by atoms with van der Waals surface area (Å²) in [5.74, 6) is 0.940. The second-order valence-corrected chi connectivity index (χ2v) is 7.08. The first-order valence-corrected chi connectivity index (χ1v) is 9.42. The van der Waals surface area contributed by atoms with Crippen LogP contribution in [0.1, 0.15) is 36.2 Å². The average molecular weight is 391 g/mol. The molecular weight excluding hydrogens is 369 g/mol. The number of halogens is 1. The Hall–Kier alpha value is -3.48. The molecule has 4 aromatic rings. The number of carbonyl (C=O) groups is 1. The summed E-state index contributed by atoms with van der Waals surface area (Å²) in [6.07, 6.45) is 3.49. The van der Waals surface area contributed by atoms with Gasteiger partial charge in [0.1, 0.15) is 29.5 Å². The fourth-order valence-corrected chi connectivity index (χ4v) is 3.64. The predicted octanol–water partition coefficient (Wildman–Crippen LogP) is 3.68. The molecule has 0 aliphatic rings. The molecule has 0 unspecified atom stereocenters. The molecule has 148 valence electrons. The first-order chi connectivity index (χ1) is 14.0. The molecule has 1 N–H and O–H groups in total. The highest BCUT2D eigenvalue weighted by Gasteiger charge is 2.26. The van der Waals surface area contributed by atoms with Crippen LogP contribution in [0, 0.1) is 12.7 Å². The summed E-state index contributed by atoms with van der Waals surface area (Å²) in [7, 11) is 1.86. The number of nitrogens with zero attached hydrogens (tertiary/aromatic N) is 4. The van der Waals surface area contributed by atoms with Gasteiger partial charge in [0.15, 0.2) is 0 Å². The van der Waals surface area contributed by atoms with Crippen molar-refractivity contribution in [1.29, 1.82) is 0 Å². The Morgan fingerprint density at radius 1 is 1.14 bits per heavy atom. The van der Waals surface area contributed by atoms with Crippen molar-refractivity contribution in [3.63, 3.8) is 0 Å². The van der Waals surface area contributed by atoms with E-state index in [2.05, 4.69) is 15.3 Å². The monoisotopic (exact) mass is 391 g/mol. The molecule has 1 amide bonds. The van der Waals surface area contributed by atoms with Crippen LogP contribution < -0.4 is 5.32 Å². The van der Waals surface area contributed by atoms with Crippen molar-refractivity contribution in [1.82, 2.24) is 24.4 Å². The molecule has 2 aromatic heterocycles. The molecule has 6 nitrogen and oxygen atoms in total. The maximum absolute atomic E-state index is 13.4. The number of hydrogen-bond acceptors (Lipinski definition) is 3. The van der Waals surface area contributed by atoms with Crippen LogP contribution in [0.15, 0.2) is 60.9 Å². The number of rotatable bonds is 5. The SMILES string of the molecule is Cc1nc2ccccc2n1[C@@H](C)C(=O)N[C@H](c1ccc(F)cc1)c1nccn1C. The Balaban J connectivity index is 1.68. The Kier molecular flexibility index (Phi) is 4.88. The van der Waals surface area contributed by atoms with Crippen molar-refractivity contribution in [2.75, 3.05) is 0 Å². The van der Waals surface area contributed by atoms with Crippen molar-refractivity contribution in [3.8, 4) is 0 Å². The maximum Gasteiger partial charge on any atom is 0.243 e. The number of carbonyl (C=O) groups excluding carboxylic acids is 1. The molecule has 2 atom stereocenters. The zero-order chi connectivity index (χ0) is 20.5. The lowest BCUT2D eigenvalue weighted by atomic mass is 10.1. The largest absolute Gasteiger partial charge is 0.340 e. The van der Waals surface area contributed by atoms with Crippen molar-refractivity contribution >= 4 is 16.9 Å². The van der Waals surface area contributed by atoms with E-state index >= 15 is 0 Å². The zero-order valence-electron chi connectivity index (χ0n) is 16.5. The van der Waals surface area contributed by atoms with Gasteiger partial charge in [-0.05, 0) is 43.7 Å². The van der Waals surface area contributed by atoms with Gasteiger partial charge in [0.25, 0.3) is 0 Å². The fraction of sp³-hybridized carbons (Fsp3) is 0.227. The minimum Gasteiger partial charge on any atom is -0.340 e. The van der Waals surface area contributed by atoms with Gasteiger partial charge in [0, 0.05) is 19.4 Å². The van der Waals surface area contributed by atoms with Crippen molar-refractivity contribution in [3.05, 3.63) is 84.0 Å². The van der Waals surface area contributed by atoms with E-state index in [0.29, 0.717) is 5.82 Å². The van der Waals surface area contributed by atoms with E-state index in [4.69, 9.17) is 0 Å². The van der Waals surface area contributed by atoms with E-state index in [0.717, 1.165) is 22.4 Å². The van der Waals surface area contributed by atoms with Crippen LogP contribution in [0.2, 0.25) is 0 Å². The number of benzene rings is 2. The third-order valence-corrected chi connectivity index (χ3v) is 5.15. The molecule has 7 heteroatoms. The van der Waals surface area contributed by atoms with Gasteiger partial charge in [-0.1, -0.05) is 24.3 Å². The number of hydrogen-bond donors (Lipinski definition) is 1. The van der Waals surface area contributed by atoms with Crippen LogP contribution in [0.25, 0.3) is 11.0 Å². The summed E-state index contributed by atoms with van der Waals surface area (Å²) in [5, 5.41) is 3.08. The summed E-state index contributed by atoms with van der Waals surface area (Å²) in [4.78, 5) is 22.2. The number of para-hydroxylation sites is 2. The third-order valence-electron chi connectivity index (χ3n) is 5.15. The molecule has 2 heterocycles. The molecule has 0 saturated carbocycles. The van der Waals surface area contributed by atoms with Crippen molar-refractivity contribution < 1.29 is 9.18 Å². The van der Waals surface area contributed by atoms with Gasteiger partial charge >= 0.3 is 0 Å². The lowest BCUT2D eigenvalue weighted by molar-refractivity contribution is -0.124. The van der Waals surface area contributed by atoms with Crippen LogP contribution in [0.3, 0.4) is 0 Å². The zero-order valence-corrected chi connectivity index (χ0v) is 16.5. The molecule has 29 heavy (non-hydrogen) atoms. The summed E-state index contributed by atoms with van der Waals surface area (Å²) >= 11 is 0. The highest BCUT2D eigenvalue weighted by molar-refractivity contribution is 5.84. The Morgan fingerprint density at radius 3 is 2.55 bits per heavy atom. The number of fused-ring (bicyclic) bond motifs is 1. The predicted molar refractivity (Wildman–Crippen MR) is 109 cm³/mol.